The van der Waals surface area contributed by atoms with E-state index in [2.05, 4.69) is 34.4 Å². The summed E-state index contributed by atoms with van der Waals surface area (Å²) in [7, 11) is -3.13. The molecule has 0 spiro atoms. The number of benzene rings is 1. The molecule has 1 atom stereocenters. The number of likely N-dealkylation sites (tertiary alicyclic amines) is 1. The third-order valence-corrected chi connectivity index (χ3v) is 6.34. The summed E-state index contributed by atoms with van der Waals surface area (Å²) in [5, 5.41) is 6.66. The normalized spacial score (nSPS) is 18.2. The van der Waals surface area contributed by atoms with E-state index in [-0.39, 0.29) is 24.0 Å². The van der Waals surface area contributed by atoms with Crippen LogP contribution in [0.2, 0.25) is 0 Å². The molecular formula is C21H37IN4O2S. The number of nitrogens with zero attached hydrogens (tertiary/aromatic N) is 2. The third kappa shape index (κ3) is 9.65. The monoisotopic (exact) mass is 536 g/mol. The van der Waals surface area contributed by atoms with Crippen molar-refractivity contribution >= 4 is 39.8 Å². The van der Waals surface area contributed by atoms with Crippen molar-refractivity contribution in [2.24, 2.45) is 4.99 Å². The number of hydrogen-bond donors (Lipinski definition) is 2. The van der Waals surface area contributed by atoms with E-state index in [1.807, 2.05) is 12.1 Å². The fourth-order valence-corrected chi connectivity index (χ4v) is 4.16. The summed E-state index contributed by atoms with van der Waals surface area (Å²) in [6.45, 7) is 9.15. The lowest BCUT2D eigenvalue weighted by Gasteiger charge is -2.33. The number of aliphatic imine (C=N–C) groups is 1. The van der Waals surface area contributed by atoms with Crippen molar-refractivity contribution in [2.75, 3.05) is 39.0 Å². The zero-order chi connectivity index (χ0) is 20.4. The number of nitrogens with one attached hydrogen (secondary N) is 2. The smallest absolute Gasteiger partial charge is 0.191 e. The van der Waals surface area contributed by atoms with Gasteiger partial charge in [-0.25, -0.2) is 8.42 Å². The molecule has 8 heteroatoms. The van der Waals surface area contributed by atoms with Gasteiger partial charge in [0, 0.05) is 38.5 Å². The third-order valence-electron chi connectivity index (χ3n) is 5.22. The first kappa shape index (κ1) is 26.2. The van der Waals surface area contributed by atoms with Crippen LogP contribution in [0.15, 0.2) is 34.2 Å². The van der Waals surface area contributed by atoms with Crippen molar-refractivity contribution in [1.29, 1.82) is 0 Å². The van der Waals surface area contributed by atoms with Gasteiger partial charge in [0.15, 0.2) is 15.8 Å². The molecule has 0 bridgehead atoms. The minimum Gasteiger partial charge on any atom is -0.357 e. The van der Waals surface area contributed by atoms with Crippen LogP contribution in [-0.2, 0) is 16.3 Å². The summed E-state index contributed by atoms with van der Waals surface area (Å²) >= 11 is 0. The van der Waals surface area contributed by atoms with Gasteiger partial charge in [0.1, 0.15) is 0 Å². The molecule has 1 aromatic rings. The molecule has 2 N–H and O–H groups in total. The maximum atomic E-state index is 11.5. The molecule has 0 radical (unpaired) electrons. The van der Waals surface area contributed by atoms with Crippen LogP contribution < -0.4 is 10.6 Å². The van der Waals surface area contributed by atoms with Crippen LogP contribution >= 0.6 is 24.0 Å². The maximum absolute atomic E-state index is 11.5. The van der Waals surface area contributed by atoms with Gasteiger partial charge < -0.3 is 15.5 Å². The first-order chi connectivity index (χ1) is 13.4. The molecular weight excluding hydrogens is 499 g/mol. The zero-order valence-corrected chi connectivity index (χ0v) is 21.1. The van der Waals surface area contributed by atoms with E-state index < -0.39 is 9.84 Å². The molecule has 0 aromatic heterocycles. The molecule has 166 valence electrons. The SMILES string of the molecule is CCNC(=NCCCN1CCCCC1C)NCCc1ccc(S(C)(=O)=O)cc1.I. The molecule has 1 saturated heterocycles. The number of rotatable bonds is 9. The van der Waals surface area contributed by atoms with Crippen molar-refractivity contribution in [1.82, 2.24) is 15.5 Å². The molecule has 0 aliphatic carbocycles. The van der Waals surface area contributed by atoms with E-state index in [0.29, 0.717) is 10.9 Å². The average molecular weight is 537 g/mol. The van der Waals surface area contributed by atoms with Crippen LogP contribution in [0.25, 0.3) is 0 Å². The molecule has 1 fully saturated rings. The lowest BCUT2D eigenvalue weighted by molar-refractivity contribution is 0.160. The summed E-state index contributed by atoms with van der Waals surface area (Å²) < 4.78 is 23.0. The van der Waals surface area contributed by atoms with Gasteiger partial charge in [-0.2, -0.15) is 0 Å². The van der Waals surface area contributed by atoms with Crippen molar-refractivity contribution in [3.8, 4) is 0 Å². The second-order valence-electron chi connectivity index (χ2n) is 7.59. The van der Waals surface area contributed by atoms with Crippen molar-refractivity contribution in [3.05, 3.63) is 29.8 Å². The van der Waals surface area contributed by atoms with E-state index in [0.717, 1.165) is 50.5 Å². The molecule has 0 saturated carbocycles. The van der Waals surface area contributed by atoms with Gasteiger partial charge in [0.05, 0.1) is 4.90 Å². The molecule has 1 aromatic carbocycles. The molecule has 0 amide bonds. The molecule has 1 heterocycles. The van der Waals surface area contributed by atoms with E-state index >= 15 is 0 Å². The average Bonchev–Trinajstić information content (AvgIpc) is 2.66. The first-order valence-electron chi connectivity index (χ1n) is 10.5. The lowest BCUT2D eigenvalue weighted by Crippen LogP contribution is -2.39. The predicted molar refractivity (Wildman–Crippen MR) is 132 cm³/mol. The molecule has 1 aliphatic rings. The van der Waals surface area contributed by atoms with E-state index in [4.69, 9.17) is 0 Å². The summed E-state index contributed by atoms with van der Waals surface area (Å²) in [6.07, 6.45) is 7.13. The van der Waals surface area contributed by atoms with Gasteiger partial charge in [-0.15, -0.1) is 24.0 Å². The highest BCUT2D eigenvalue weighted by Crippen LogP contribution is 2.16. The Morgan fingerprint density at radius 3 is 2.55 bits per heavy atom. The first-order valence-corrected chi connectivity index (χ1v) is 12.3. The Morgan fingerprint density at radius 2 is 1.93 bits per heavy atom. The molecule has 1 unspecified atom stereocenters. The van der Waals surface area contributed by atoms with Crippen molar-refractivity contribution in [3.63, 3.8) is 0 Å². The van der Waals surface area contributed by atoms with Crippen LogP contribution in [0.3, 0.4) is 0 Å². The van der Waals surface area contributed by atoms with Gasteiger partial charge in [0.2, 0.25) is 0 Å². The van der Waals surface area contributed by atoms with Crippen LogP contribution in [0.1, 0.15) is 45.1 Å². The Morgan fingerprint density at radius 1 is 1.21 bits per heavy atom. The van der Waals surface area contributed by atoms with E-state index in [1.54, 1.807) is 12.1 Å². The topological polar surface area (TPSA) is 73.8 Å². The highest BCUT2D eigenvalue weighted by molar-refractivity contribution is 14.0. The minimum absolute atomic E-state index is 0. The number of sulfone groups is 1. The summed E-state index contributed by atoms with van der Waals surface area (Å²) in [6, 6.07) is 7.80. The fraction of sp³-hybridized carbons (Fsp3) is 0.667. The highest BCUT2D eigenvalue weighted by atomic mass is 127. The Bertz CT molecular complexity index is 723. The van der Waals surface area contributed by atoms with Gasteiger partial charge >= 0.3 is 0 Å². The Hall–Kier alpha value is -0.870. The Labute approximate surface area is 193 Å². The number of hydrogen-bond acceptors (Lipinski definition) is 4. The number of piperidine rings is 1. The quantitative estimate of drug-likeness (QED) is 0.220. The second-order valence-corrected chi connectivity index (χ2v) is 9.60. The van der Waals surface area contributed by atoms with Crippen LogP contribution in [-0.4, -0.2) is 64.3 Å². The summed E-state index contributed by atoms with van der Waals surface area (Å²) in [4.78, 5) is 7.63. The highest BCUT2D eigenvalue weighted by Gasteiger charge is 2.17. The Kier molecular flexibility index (Phi) is 12.1. The Balaban J connectivity index is 0.00000420. The fourth-order valence-electron chi connectivity index (χ4n) is 3.52. The van der Waals surface area contributed by atoms with Gasteiger partial charge in [-0.3, -0.25) is 4.99 Å². The molecule has 2 rings (SSSR count). The molecule has 29 heavy (non-hydrogen) atoms. The van der Waals surface area contributed by atoms with Crippen molar-refractivity contribution < 1.29 is 8.42 Å². The second kappa shape index (κ2) is 13.4. The maximum Gasteiger partial charge on any atom is 0.191 e. The summed E-state index contributed by atoms with van der Waals surface area (Å²) in [5.41, 5.74) is 1.11. The van der Waals surface area contributed by atoms with Gasteiger partial charge in [-0.1, -0.05) is 18.6 Å². The standard InChI is InChI=1S/C21H36N4O2S.HI/c1-4-22-21(23-14-7-17-25-16-6-5-8-18(25)2)24-15-13-19-9-11-20(12-10-19)28(3,26)27;/h9-12,18H,4-8,13-17H2,1-3H3,(H2,22,23,24);1H. The van der Waals surface area contributed by atoms with E-state index in [9.17, 15) is 8.42 Å². The van der Waals surface area contributed by atoms with Crippen LogP contribution in [0.5, 0.6) is 0 Å². The zero-order valence-electron chi connectivity index (χ0n) is 18.0. The van der Waals surface area contributed by atoms with Gasteiger partial charge in [0.25, 0.3) is 0 Å². The van der Waals surface area contributed by atoms with Crippen LogP contribution in [0, 0.1) is 0 Å². The van der Waals surface area contributed by atoms with Gasteiger partial charge in [-0.05, 0) is 63.8 Å². The van der Waals surface area contributed by atoms with E-state index in [1.165, 1.54) is 32.1 Å². The minimum atomic E-state index is -3.13. The summed E-state index contributed by atoms with van der Waals surface area (Å²) in [5.74, 6) is 0.849. The predicted octanol–water partition coefficient (Wildman–Crippen LogP) is 3.07. The molecule has 1 aliphatic heterocycles. The van der Waals surface area contributed by atoms with Crippen molar-refractivity contribution in [2.45, 2.75) is 56.9 Å². The number of halogens is 1. The molecule has 6 nitrogen and oxygen atoms in total. The lowest BCUT2D eigenvalue weighted by atomic mass is 10.0. The largest absolute Gasteiger partial charge is 0.357 e. The van der Waals surface area contributed by atoms with Crippen LogP contribution in [0.4, 0.5) is 0 Å². The number of guanidine groups is 1.